The highest BCUT2D eigenvalue weighted by Gasteiger charge is 2.21. The first-order valence-corrected chi connectivity index (χ1v) is 18.8. The van der Waals surface area contributed by atoms with E-state index in [0.29, 0.717) is 56.1 Å². The summed E-state index contributed by atoms with van der Waals surface area (Å²) in [5, 5.41) is 18.5. The second kappa shape index (κ2) is 15.1. The molecule has 0 amide bonds. The molecule has 2 aromatic heterocycles. The van der Waals surface area contributed by atoms with E-state index in [0.717, 1.165) is 0 Å². The average Bonchev–Trinajstić information content (AvgIpc) is 3.20. The summed E-state index contributed by atoms with van der Waals surface area (Å²) in [5.74, 6) is 1.11. The number of ether oxygens (including phenoxy) is 2. The van der Waals surface area contributed by atoms with Crippen LogP contribution in [0.4, 0.5) is 22.7 Å². The van der Waals surface area contributed by atoms with E-state index in [-0.39, 0.29) is 21.3 Å². The van der Waals surface area contributed by atoms with Gasteiger partial charge in [0.25, 0.3) is 0 Å². The van der Waals surface area contributed by atoms with Crippen LogP contribution in [0.5, 0.6) is 23.0 Å². The summed E-state index contributed by atoms with van der Waals surface area (Å²) in [7, 11) is -5.33. The van der Waals surface area contributed by atoms with E-state index in [1.54, 1.807) is 60.7 Å². The van der Waals surface area contributed by atoms with Gasteiger partial charge >= 0.3 is 20.2 Å². The standard InChI is InChI=1S/C38H28N6O8S2/c1-49-27-11-15-29(16-12-27)53(45,46)51-35-21-19-33(31-5-3-23-39-37(31)35)43-41-25-7-9-26(10-8-25)42-44-34-20-22-36(38-32(34)6-4-24-40-38)52-54(47,48)30-17-13-28(50-2)14-18-30/h3-24H,1-2H3. The molecule has 0 bridgehead atoms. The largest absolute Gasteiger partial charge is 0.497 e. The molecule has 0 aliphatic carbocycles. The minimum Gasteiger partial charge on any atom is -0.497 e. The summed E-state index contributed by atoms with van der Waals surface area (Å²) in [6.07, 6.45) is 3.05. The smallest absolute Gasteiger partial charge is 0.339 e. The van der Waals surface area contributed by atoms with Crippen molar-refractivity contribution in [1.29, 1.82) is 0 Å². The molecule has 5 aromatic carbocycles. The first-order chi connectivity index (χ1) is 26.1. The molecule has 7 aromatic rings. The van der Waals surface area contributed by atoms with Crippen LogP contribution >= 0.6 is 0 Å². The minimum atomic E-state index is -4.16. The molecule has 0 saturated carbocycles. The molecule has 2 heterocycles. The highest BCUT2D eigenvalue weighted by atomic mass is 32.2. The molecule has 0 unspecified atom stereocenters. The zero-order valence-corrected chi connectivity index (χ0v) is 30.1. The van der Waals surface area contributed by atoms with Gasteiger partial charge in [-0.15, -0.1) is 10.2 Å². The van der Waals surface area contributed by atoms with Gasteiger partial charge in [0, 0.05) is 23.2 Å². The molecule has 0 fully saturated rings. The van der Waals surface area contributed by atoms with Gasteiger partial charge in [0.1, 0.15) is 32.3 Å². The molecule has 0 radical (unpaired) electrons. The number of hydrogen-bond donors (Lipinski definition) is 0. The quantitative estimate of drug-likeness (QED) is 0.0860. The molecule has 16 heteroatoms. The van der Waals surface area contributed by atoms with Crippen LogP contribution in [0.15, 0.2) is 164 Å². The van der Waals surface area contributed by atoms with Gasteiger partial charge in [0.15, 0.2) is 11.5 Å². The number of hydrogen-bond acceptors (Lipinski definition) is 14. The van der Waals surface area contributed by atoms with Crippen molar-refractivity contribution < 1.29 is 34.7 Å². The number of fused-ring (bicyclic) bond motifs is 2. The third-order valence-electron chi connectivity index (χ3n) is 7.91. The number of azo groups is 2. The second-order valence-electron chi connectivity index (χ2n) is 11.3. The summed E-state index contributed by atoms with van der Waals surface area (Å²) in [5.41, 5.74) is 2.51. The number of nitrogens with zero attached hydrogens (tertiary/aromatic N) is 6. The van der Waals surface area contributed by atoms with E-state index < -0.39 is 20.2 Å². The van der Waals surface area contributed by atoms with Gasteiger partial charge in [-0.25, -0.2) is 0 Å². The number of pyridine rings is 2. The highest BCUT2D eigenvalue weighted by Crippen LogP contribution is 2.36. The van der Waals surface area contributed by atoms with Gasteiger partial charge in [0.05, 0.1) is 37.0 Å². The van der Waals surface area contributed by atoms with Crippen LogP contribution in [-0.2, 0) is 20.2 Å². The molecule has 54 heavy (non-hydrogen) atoms. The Kier molecular flexibility index (Phi) is 9.93. The second-order valence-corrected chi connectivity index (χ2v) is 14.4. The van der Waals surface area contributed by atoms with Crippen LogP contribution in [0.25, 0.3) is 21.8 Å². The fourth-order valence-corrected chi connectivity index (χ4v) is 7.07. The van der Waals surface area contributed by atoms with Crippen LogP contribution in [0.3, 0.4) is 0 Å². The molecule has 0 atom stereocenters. The highest BCUT2D eigenvalue weighted by molar-refractivity contribution is 7.87. The van der Waals surface area contributed by atoms with Crippen LogP contribution in [0.1, 0.15) is 0 Å². The third kappa shape index (κ3) is 7.69. The molecule has 0 N–H and O–H groups in total. The monoisotopic (exact) mass is 760 g/mol. The first kappa shape index (κ1) is 35.6. The number of aromatic nitrogens is 2. The molecule has 0 aliphatic rings. The maximum Gasteiger partial charge on any atom is 0.339 e. The Morgan fingerprint density at radius 2 is 0.852 bits per heavy atom. The zero-order chi connectivity index (χ0) is 37.7. The molecule has 0 spiro atoms. The SMILES string of the molecule is COc1ccc(S(=O)(=O)Oc2ccc(N=Nc3ccc(N=Nc4ccc(OS(=O)(=O)c5ccc(OC)cc5)c5ncccc45)cc3)c3cccnc23)cc1. The average molecular weight is 761 g/mol. The Balaban J connectivity index is 1.07. The Bertz CT molecular complexity index is 2570. The van der Waals surface area contributed by atoms with E-state index in [9.17, 15) is 16.8 Å². The van der Waals surface area contributed by atoms with Gasteiger partial charge in [-0.3, -0.25) is 9.97 Å². The Hall–Kier alpha value is -6.78. The summed E-state index contributed by atoms with van der Waals surface area (Å²) >= 11 is 0. The van der Waals surface area contributed by atoms with Crippen LogP contribution in [-0.4, -0.2) is 41.0 Å². The summed E-state index contributed by atoms with van der Waals surface area (Å²) in [6.45, 7) is 0. The fraction of sp³-hybridized carbons (Fsp3) is 0.0526. The normalized spacial score (nSPS) is 12.0. The molecule has 14 nitrogen and oxygen atoms in total. The Morgan fingerprint density at radius 1 is 0.463 bits per heavy atom. The predicted octanol–water partition coefficient (Wildman–Crippen LogP) is 9.17. The van der Waals surface area contributed by atoms with Crippen molar-refractivity contribution in [3.05, 3.63) is 134 Å². The maximum atomic E-state index is 13.0. The lowest BCUT2D eigenvalue weighted by atomic mass is 10.2. The van der Waals surface area contributed by atoms with Gasteiger partial charge in [-0.2, -0.15) is 27.1 Å². The fourth-order valence-electron chi connectivity index (χ4n) is 5.20. The van der Waals surface area contributed by atoms with Crippen molar-refractivity contribution >= 4 is 64.8 Å². The number of methoxy groups -OCH3 is 2. The maximum absolute atomic E-state index is 13.0. The van der Waals surface area contributed by atoms with Crippen molar-refractivity contribution in [3.63, 3.8) is 0 Å². The Labute approximate surface area is 309 Å². The zero-order valence-electron chi connectivity index (χ0n) is 28.5. The summed E-state index contributed by atoms with van der Waals surface area (Å²) in [6, 6.07) is 31.6. The van der Waals surface area contributed by atoms with Gasteiger partial charge in [-0.1, -0.05) is 0 Å². The van der Waals surface area contributed by atoms with Gasteiger partial charge in [0.2, 0.25) is 0 Å². The van der Waals surface area contributed by atoms with Crippen LogP contribution in [0, 0.1) is 0 Å². The molecule has 0 aliphatic heterocycles. The van der Waals surface area contributed by atoms with E-state index in [1.807, 2.05) is 0 Å². The number of benzene rings is 5. The summed E-state index contributed by atoms with van der Waals surface area (Å²) < 4.78 is 73.1. The molecule has 270 valence electrons. The molecule has 0 saturated heterocycles. The molecular weight excluding hydrogens is 733 g/mol. The van der Waals surface area contributed by atoms with Crippen molar-refractivity contribution in [1.82, 2.24) is 9.97 Å². The summed E-state index contributed by atoms with van der Waals surface area (Å²) in [4.78, 5) is 8.61. The molecular formula is C38H28N6O8S2. The molecule has 7 rings (SSSR count). The predicted molar refractivity (Wildman–Crippen MR) is 200 cm³/mol. The van der Waals surface area contributed by atoms with Crippen molar-refractivity contribution in [2.75, 3.05) is 14.2 Å². The van der Waals surface area contributed by atoms with Crippen molar-refractivity contribution in [3.8, 4) is 23.0 Å². The topological polar surface area (TPSA) is 180 Å². The van der Waals surface area contributed by atoms with E-state index >= 15 is 0 Å². The van der Waals surface area contributed by atoms with Gasteiger partial charge < -0.3 is 17.8 Å². The van der Waals surface area contributed by atoms with E-state index in [1.165, 1.54) is 87.3 Å². The minimum absolute atomic E-state index is 0.0358. The van der Waals surface area contributed by atoms with Crippen molar-refractivity contribution in [2.45, 2.75) is 9.79 Å². The lowest BCUT2D eigenvalue weighted by Gasteiger charge is -2.10. The third-order valence-corrected chi connectivity index (χ3v) is 10.4. The first-order valence-electron chi connectivity index (χ1n) is 16.0. The number of rotatable bonds is 12. The Morgan fingerprint density at radius 3 is 1.22 bits per heavy atom. The van der Waals surface area contributed by atoms with E-state index in [4.69, 9.17) is 17.8 Å². The van der Waals surface area contributed by atoms with E-state index in [2.05, 4.69) is 30.4 Å². The lowest BCUT2D eigenvalue weighted by molar-refractivity contribution is 0.414. The lowest BCUT2D eigenvalue weighted by Crippen LogP contribution is -2.10. The van der Waals surface area contributed by atoms with Crippen LogP contribution in [0.2, 0.25) is 0 Å². The van der Waals surface area contributed by atoms with Crippen LogP contribution < -0.4 is 17.8 Å². The van der Waals surface area contributed by atoms with Crippen molar-refractivity contribution in [2.24, 2.45) is 20.5 Å². The van der Waals surface area contributed by atoms with Gasteiger partial charge in [-0.05, 0) is 121 Å².